The number of aliphatic hydroxyl groups is 1. The van der Waals surface area contributed by atoms with Gasteiger partial charge < -0.3 is 5.11 Å². The fourth-order valence-corrected chi connectivity index (χ4v) is 3.34. The molecule has 1 unspecified atom stereocenters. The molecule has 0 aromatic heterocycles. The van der Waals surface area contributed by atoms with Crippen LogP contribution in [0.3, 0.4) is 0 Å². The maximum absolute atomic E-state index is 10.7. The van der Waals surface area contributed by atoms with E-state index >= 15 is 0 Å². The minimum absolute atomic E-state index is 0.550. The molecule has 98 valence electrons. The topological polar surface area (TPSA) is 23.5 Å². The van der Waals surface area contributed by atoms with Crippen molar-refractivity contribution < 1.29 is 5.11 Å². The predicted molar refractivity (Wildman–Crippen MR) is 74.3 cm³/mol. The van der Waals surface area contributed by atoms with E-state index in [1.54, 1.807) is 0 Å². The van der Waals surface area contributed by atoms with Crippen molar-refractivity contribution in [3.05, 3.63) is 33.8 Å². The van der Waals surface area contributed by atoms with Gasteiger partial charge in [-0.25, -0.2) is 0 Å². The van der Waals surface area contributed by atoms with Crippen LogP contribution in [-0.2, 0) is 6.42 Å². The highest BCUT2D eigenvalue weighted by Gasteiger charge is 2.42. The summed E-state index contributed by atoms with van der Waals surface area (Å²) >= 11 is 12.3. The Bertz CT molecular complexity index is 441. The zero-order valence-corrected chi connectivity index (χ0v) is 11.7. The Morgan fingerprint density at radius 1 is 1.28 bits per heavy atom. The number of hydrogen-bond donors (Lipinski definition) is 1. The fourth-order valence-electron chi connectivity index (χ4n) is 2.81. The van der Waals surface area contributed by atoms with Gasteiger partial charge in [0.15, 0.2) is 0 Å². The van der Waals surface area contributed by atoms with Gasteiger partial charge in [-0.3, -0.25) is 4.90 Å². The van der Waals surface area contributed by atoms with Gasteiger partial charge in [0, 0.05) is 35.6 Å². The number of benzene rings is 1. The molecule has 3 rings (SSSR count). The second kappa shape index (κ2) is 4.68. The summed E-state index contributed by atoms with van der Waals surface area (Å²) in [6.07, 6.45) is 3.92. The molecule has 1 aliphatic heterocycles. The maximum atomic E-state index is 10.7. The van der Waals surface area contributed by atoms with Crippen LogP contribution in [0.5, 0.6) is 0 Å². The van der Waals surface area contributed by atoms with E-state index in [4.69, 9.17) is 23.2 Å². The van der Waals surface area contributed by atoms with Gasteiger partial charge in [-0.05, 0) is 37.0 Å². The molecule has 1 saturated carbocycles. The first-order chi connectivity index (χ1) is 8.57. The van der Waals surface area contributed by atoms with Crippen molar-refractivity contribution in [2.45, 2.75) is 37.3 Å². The first kappa shape index (κ1) is 12.7. The van der Waals surface area contributed by atoms with Crippen LogP contribution < -0.4 is 0 Å². The molecule has 1 aromatic carbocycles. The second-order valence-corrected chi connectivity index (χ2v) is 6.37. The molecule has 1 N–H and O–H groups in total. The van der Waals surface area contributed by atoms with Gasteiger partial charge in [0.1, 0.15) is 0 Å². The van der Waals surface area contributed by atoms with Crippen LogP contribution in [0.2, 0.25) is 10.0 Å². The summed E-state index contributed by atoms with van der Waals surface area (Å²) in [7, 11) is 0. The highest BCUT2D eigenvalue weighted by molar-refractivity contribution is 6.36. The van der Waals surface area contributed by atoms with E-state index in [-0.39, 0.29) is 0 Å². The van der Waals surface area contributed by atoms with Crippen LogP contribution in [-0.4, -0.2) is 34.7 Å². The number of hydrogen-bond acceptors (Lipinski definition) is 2. The predicted octanol–water partition coefficient (Wildman–Crippen LogP) is 3.14. The Balaban J connectivity index is 1.75. The Morgan fingerprint density at radius 2 is 1.94 bits per heavy atom. The summed E-state index contributed by atoms with van der Waals surface area (Å²) in [6.45, 7) is 1.74. The lowest BCUT2D eigenvalue weighted by atomic mass is 9.93. The van der Waals surface area contributed by atoms with E-state index in [2.05, 4.69) is 4.90 Å². The highest BCUT2D eigenvalue weighted by Crippen LogP contribution is 2.37. The summed E-state index contributed by atoms with van der Waals surface area (Å²) in [5.41, 5.74) is 0.206. The second-order valence-electron chi connectivity index (χ2n) is 5.55. The van der Waals surface area contributed by atoms with Crippen LogP contribution in [0.1, 0.15) is 24.8 Å². The third-order valence-electron chi connectivity index (χ3n) is 3.99. The fraction of sp³-hybridized carbons (Fsp3) is 0.571. The first-order valence-corrected chi connectivity index (χ1v) is 7.22. The van der Waals surface area contributed by atoms with Gasteiger partial charge in [0.05, 0.1) is 5.60 Å². The van der Waals surface area contributed by atoms with Crippen LogP contribution in [0.4, 0.5) is 0 Å². The Labute approximate surface area is 117 Å². The summed E-state index contributed by atoms with van der Waals surface area (Å²) in [5, 5.41) is 12.0. The smallest absolute Gasteiger partial charge is 0.0827 e. The minimum Gasteiger partial charge on any atom is -0.388 e. The zero-order chi connectivity index (χ0) is 12.8. The molecule has 1 aromatic rings. The van der Waals surface area contributed by atoms with Crippen LogP contribution >= 0.6 is 23.2 Å². The molecule has 0 amide bonds. The zero-order valence-electron chi connectivity index (χ0n) is 10.2. The van der Waals surface area contributed by atoms with Crippen LogP contribution in [0.15, 0.2) is 18.2 Å². The van der Waals surface area contributed by atoms with Crippen molar-refractivity contribution >= 4 is 23.2 Å². The Hall–Kier alpha value is -0.280. The molecular formula is C14H17Cl2NO. The molecule has 0 radical (unpaired) electrons. The number of nitrogens with zero attached hydrogens (tertiary/aromatic N) is 1. The summed E-state index contributed by atoms with van der Waals surface area (Å²) in [5.74, 6) is 0. The highest BCUT2D eigenvalue weighted by atomic mass is 35.5. The molecule has 1 saturated heterocycles. The first-order valence-electron chi connectivity index (χ1n) is 6.47. The van der Waals surface area contributed by atoms with Gasteiger partial charge in [0.25, 0.3) is 0 Å². The molecule has 2 aliphatic rings. The van der Waals surface area contributed by atoms with Crippen molar-refractivity contribution in [2.24, 2.45) is 0 Å². The maximum Gasteiger partial charge on any atom is 0.0827 e. The molecule has 4 heteroatoms. The number of β-amino-alcohol motifs (C(OH)–C–C–N with tert-alkyl or cyclic N) is 1. The number of halogens is 2. The molecule has 1 atom stereocenters. The lowest BCUT2D eigenvalue weighted by molar-refractivity contribution is 0.0487. The molecule has 1 aliphatic carbocycles. The molecule has 0 spiro atoms. The van der Waals surface area contributed by atoms with Crippen LogP contribution in [0, 0.1) is 0 Å². The molecule has 2 fully saturated rings. The summed E-state index contributed by atoms with van der Waals surface area (Å²) < 4.78 is 0. The minimum atomic E-state index is -0.669. The van der Waals surface area contributed by atoms with Crippen LogP contribution in [0.25, 0.3) is 0 Å². The molecule has 2 nitrogen and oxygen atoms in total. The average molecular weight is 286 g/mol. The standard InChI is InChI=1S/C14H17Cl2NO/c15-12-2-1-3-13(16)11(12)8-14(18)6-7-17(9-14)10-4-5-10/h1-3,10,18H,4-9H2. The van der Waals surface area contributed by atoms with Crippen molar-refractivity contribution in [3.63, 3.8) is 0 Å². The van der Waals surface area contributed by atoms with Gasteiger partial charge in [-0.2, -0.15) is 0 Å². The summed E-state index contributed by atoms with van der Waals surface area (Å²) in [6, 6.07) is 6.21. The Kier molecular flexibility index (Phi) is 3.31. The largest absolute Gasteiger partial charge is 0.388 e. The Morgan fingerprint density at radius 3 is 2.56 bits per heavy atom. The third kappa shape index (κ3) is 2.53. The van der Waals surface area contributed by atoms with Crippen molar-refractivity contribution in [1.82, 2.24) is 4.90 Å². The normalized spacial score (nSPS) is 28.8. The van der Waals surface area contributed by atoms with E-state index in [1.165, 1.54) is 12.8 Å². The van der Waals surface area contributed by atoms with Gasteiger partial charge in [0.2, 0.25) is 0 Å². The lowest BCUT2D eigenvalue weighted by Gasteiger charge is -2.24. The third-order valence-corrected chi connectivity index (χ3v) is 4.70. The monoisotopic (exact) mass is 285 g/mol. The number of likely N-dealkylation sites (tertiary alicyclic amines) is 1. The molecule has 18 heavy (non-hydrogen) atoms. The van der Waals surface area contributed by atoms with Crippen molar-refractivity contribution in [3.8, 4) is 0 Å². The van der Waals surface area contributed by atoms with E-state index in [1.807, 2.05) is 18.2 Å². The van der Waals surface area contributed by atoms with E-state index in [9.17, 15) is 5.11 Å². The molecule has 0 bridgehead atoms. The number of rotatable bonds is 3. The van der Waals surface area contributed by atoms with Crippen molar-refractivity contribution in [1.29, 1.82) is 0 Å². The van der Waals surface area contributed by atoms with Gasteiger partial charge in [-0.1, -0.05) is 29.3 Å². The lowest BCUT2D eigenvalue weighted by Crippen LogP contribution is -2.36. The molecule has 1 heterocycles. The van der Waals surface area contributed by atoms with Crippen molar-refractivity contribution in [2.75, 3.05) is 13.1 Å². The SMILES string of the molecule is OC1(Cc2c(Cl)cccc2Cl)CCN(C2CC2)C1. The quantitative estimate of drug-likeness (QED) is 0.922. The van der Waals surface area contributed by atoms with E-state index < -0.39 is 5.60 Å². The average Bonchev–Trinajstić information content (AvgIpc) is 3.09. The van der Waals surface area contributed by atoms with Gasteiger partial charge in [-0.15, -0.1) is 0 Å². The molecular weight excluding hydrogens is 269 g/mol. The van der Waals surface area contributed by atoms with E-state index in [0.717, 1.165) is 25.1 Å². The summed E-state index contributed by atoms with van der Waals surface area (Å²) in [4.78, 5) is 2.39. The van der Waals surface area contributed by atoms with Gasteiger partial charge >= 0.3 is 0 Å². The van der Waals surface area contributed by atoms with E-state index in [0.29, 0.717) is 22.5 Å².